The van der Waals surface area contributed by atoms with Crippen molar-refractivity contribution in [2.45, 2.75) is 32.8 Å². The Morgan fingerprint density at radius 2 is 2.21 bits per heavy atom. The molecular weight excluding hydrogens is 351 g/mol. The van der Waals surface area contributed by atoms with E-state index in [9.17, 15) is 4.79 Å². The number of halogens is 2. The Morgan fingerprint density at radius 3 is 2.83 bits per heavy atom. The van der Waals surface area contributed by atoms with Gasteiger partial charge in [0.2, 0.25) is 0 Å². The van der Waals surface area contributed by atoms with E-state index in [1.54, 1.807) is 12.1 Å². The fourth-order valence-corrected chi connectivity index (χ4v) is 2.44. The number of carbonyl (C=O) groups is 1. The average molecular weight is 373 g/mol. The second-order valence-electron chi connectivity index (χ2n) is 6.07. The molecule has 1 aliphatic rings. The van der Waals surface area contributed by atoms with Crippen LogP contribution in [0.4, 0.5) is 0 Å². The summed E-state index contributed by atoms with van der Waals surface area (Å²) < 4.78 is 11.2. The summed E-state index contributed by atoms with van der Waals surface area (Å²) in [6.45, 7) is 5.75. The fourth-order valence-electron chi connectivity index (χ4n) is 2.15. The van der Waals surface area contributed by atoms with Crippen LogP contribution in [0.3, 0.4) is 0 Å². The van der Waals surface area contributed by atoms with Gasteiger partial charge in [0.25, 0.3) is 11.9 Å². The third kappa shape index (κ3) is 5.96. The molecule has 0 saturated carbocycles. The van der Waals surface area contributed by atoms with Crippen LogP contribution in [-0.4, -0.2) is 37.8 Å². The zero-order valence-electron chi connectivity index (χ0n) is 13.9. The lowest BCUT2D eigenvalue weighted by molar-refractivity contribution is 0.0960. The number of nitrogens with one attached hydrogen (secondary N) is 1. The molecule has 132 valence electrons. The highest BCUT2D eigenvalue weighted by Gasteiger charge is 2.17. The Labute approximate surface area is 152 Å². The summed E-state index contributed by atoms with van der Waals surface area (Å²) in [7, 11) is 0. The zero-order chi connectivity index (χ0) is 17.5. The molecule has 1 atom stereocenters. The molecule has 1 aromatic rings. The summed E-state index contributed by atoms with van der Waals surface area (Å²) in [4.78, 5) is 16.7. The number of amidine groups is 1. The van der Waals surface area contributed by atoms with Crippen molar-refractivity contribution in [3.05, 3.63) is 33.8 Å². The van der Waals surface area contributed by atoms with Gasteiger partial charge in [-0.25, -0.2) is 4.99 Å². The molecule has 1 fully saturated rings. The second kappa shape index (κ2) is 9.25. The quantitative estimate of drug-likeness (QED) is 0.629. The van der Waals surface area contributed by atoms with Crippen molar-refractivity contribution >= 4 is 35.1 Å². The zero-order valence-corrected chi connectivity index (χ0v) is 15.4. The summed E-state index contributed by atoms with van der Waals surface area (Å²) in [6.07, 6.45) is 2.10. The number of hydrogen-bond donors (Lipinski definition) is 1. The summed E-state index contributed by atoms with van der Waals surface area (Å²) in [5.41, 5.74) is 0.391. The van der Waals surface area contributed by atoms with E-state index in [2.05, 4.69) is 10.3 Å². The Balaban J connectivity index is 2.03. The van der Waals surface area contributed by atoms with E-state index in [1.165, 1.54) is 6.07 Å². The Morgan fingerprint density at radius 1 is 1.42 bits per heavy atom. The lowest BCUT2D eigenvalue weighted by Crippen LogP contribution is -2.34. The lowest BCUT2D eigenvalue weighted by atomic mass is 10.2. The molecule has 0 bridgehead atoms. The van der Waals surface area contributed by atoms with Gasteiger partial charge in [0, 0.05) is 12.2 Å². The van der Waals surface area contributed by atoms with Gasteiger partial charge in [0.15, 0.2) is 0 Å². The van der Waals surface area contributed by atoms with Gasteiger partial charge in [-0.1, -0.05) is 37.0 Å². The molecule has 0 radical (unpaired) electrons. The molecule has 1 N–H and O–H groups in total. The van der Waals surface area contributed by atoms with Crippen molar-refractivity contribution in [1.82, 2.24) is 5.32 Å². The molecule has 5 nitrogen and oxygen atoms in total. The topological polar surface area (TPSA) is 59.9 Å². The predicted molar refractivity (Wildman–Crippen MR) is 96.0 cm³/mol. The number of hydrogen-bond acceptors (Lipinski definition) is 4. The van der Waals surface area contributed by atoms with E-state index < -0.39 is 0 Å². The highest BCUT2D eigenvalue weighted by atomic mass is 35.5. The molecule has 1 aromatic carbocycles. The molecule has 2 rings (SSSR count). The van der Waals surface area contributed by atoms with E-state index in [4.69, 9.17) is 32.7 Å². The van der Waals surface area contributed by atoms with Crippen molar-refractivity contribution in [2.24, 2.45) is 10.9 Å². The third-order valence-corrected chi connectivity index (χ3v) is 4.16. The molecule has 0 aliphatic carbocycles. The van der Waals surface area contributed by atoms with Gasteiger partial charge in [0.05, 0.1) is 29.3 Å². The van der Waals surface area contributed by atoms with Crippen LogP contribution >= 0.6 is 23.2 Å². The maximum Gasteiger partial charge on any atom is 0.291 e. The van der Waals surface area contributed by atoms with Gasteiger partial charge in [-0.3, -0.25) is 10.1 Å². The van der Waals surface area contributed by atoms with Gasteiger partial charge in [-0.15, -0.1) is 0 Å². The van der Waals surface area contributed by atoms with Crippen molar-refractivity contribution in [2.75, 3.05) is 19.8 Å². The van der Waals surface area contributed by atoms with Crippen LogP contribution in [-0.2, 0) is 9.47 Å². The van der Waals surface area contributed by atoms with Crippen LogP contribution in [0.1, 0.15) is 37.0 Å². The number of rotatable bonds is 5. The lowest BCUT2D eigenvalue weighted by Gasteiger charge is -2.14. The fraction of sp³-hybridized carbons (Fsp3) is 0.529. The minimum absolute atomic E-state index is 0.0875. The van der Waals surface area contributed by atoms with Crippen LogP contribution in [0.15, 0.2) is 23.2 Å². The van der Waals surface area contributed by atoms with Gasteiger partial charge in [0.1, 0.15) is 0 Å². The minimum Gasteiger partial charge on any atom is -0.465 e. The van der Waals surface area contributed by atoms with Gasteiger partial charge < -0.3 is 9.47 Å². The molecule has 1 heterocycles. The summed E-state index contributed by atoms with van der Waals surface area (Å²) in [5, 5.41) is 3.41. The molecule has 1 amide bonds. The molecular formula is C17H22Cl2N2O3. The number of amides is 1. The number of carbonyl (C=O) groups excluding carboxylic acids is 1. The van der Waals surface area contributed by atoms with E-state index >= 15 is 0 Å². The Bertz CT molecular complexity index is 599. The molecule has 7 heteroatoms. The first-order valence-corrected chi connectivity index (χ1v) is 8.76. The third-order valence-electron chi connectivity index (χ3n) is 3.42. The smallest absolute Gasteiger partial charge is 0.291 e. The Hall–Kier alpha value is -1.30. The summed E-state index contributed by atoms with van der Waals surface area (Å²) in [6, 6.07) is 4.90. The van der Waals surface area contributed by atoms with E-state index in [0.29, 0.717) is 34.7 Å². The minimum atomic E-state index is -0.344. The normalized spacial score (nSPS) is 18.0. The summed E-state index contributed by atoms with van der Waals surface area (Å²) in [5.74, 6) is -0.0248. The van der Waals surface area contributed by atoms with Crippen LogP contribution in [0.2, 0.25) is 10.0 Å². The Kier molecular flexibility index (Phi) is 7.34. The molecule has 0 spiro atoms. The molecule has 1 aliphatic heterocycles. The maximum atomic E-state index is 12.4. The number of aliphatic imine (C=N–C) groups is 1. The van der Waals surface area contributed by atoms with Crippen LogP contribution < -0.4 is 5.32 Å². The number of ether oxygens (including phenoxy) is 2. The first-order valence-electron chi connectivity index (χ1n) is 8.01. The number of benzene rings is 1. The molecule has 24 heavy (non-hydrogen) atoms. The van der Waals surface area contributed by atoms with Crippen molar-refractivity contribution < 1.29 is 14.3 Å². The molecule has 1 saturated heterocycles. The highest BCUT2D eigenvalue weighted by Crippen LogP contribution is 2.22. The first kappa shape index (κ1) is 19.0. The van der Waals surface area contributed by atoms with Crippen molar-refractivity contribution in [3.8, 4) is 0 Å². The van der Waals surface area contributed by atoms with Gasteiger partial charge in [-0.05, 0) is 37.0 Å². The molecule has 0 aromatic heterocycles. The second-order valence-corrected chi connectivity index (χ2v) is 6.88. The van der Waals surface area contributed by atoms with E-state index in [0.717, 1.165) is 19.4 Å². The van der Waals surface area contributed by atoms with Crippen molar-refractivity contribution in [1.29, 1.82) is 0 Å². The highest BCUT2D eigenvalue weighted by molar-refractivity contribution is 6.42. The van der Waals surface area contributed by atoms with Crippen molar-refractivity contribution in [3.63, 3.8) is 0 Å². The summed E-state index contributed by atoms with van der Waals surface area (Å²) >= 11 is 11.8. The van der Waals surface area contributed by atoms with Crippen LogP contribution in [0.5, 0.6) is 0 Å². The first-order chi connectivity index (χ1) is 11.5. The SMILES string of the molecule is CC(C)COC(=NC[C@H]1CCCO1)NC(=O)c1ccc(Cl)c(Cl)c1. The van der Waals surface area contributed by atoms with Crippen LogP contribution in [0, 0.1) is 5.92 Å². The van der Waals surface area contributed by atoms with Gasteiger partial charge >= 0.3 is 0 Å². The number of nitrogens with zero attached hydrogens (tertiary/aromatic N) is 1. The average Bonchev–Trinajstić information content (AvgIpc) is 3.05. The predicted octanol–water partition coefficient (Wildman–Crippen LogP) is 3.93. The van der Waals surface area contributed by atoms with Crippen LogP contribution in [0.25, 0.3) is 0 Å². The maximum absolute atomic E-state index is 12.4. The van der Waals surface area contributed by atoms with E-state index in [1.807, 2.05) is 13.8 Å². The largest absolute Gasteiger partial charge is 0.465 e. The molecule has 0 unspecified atom stereocenters. The monoisotopic (exact) mass is 372 g/mol. The van der Waals surface area contributed by atoms with E-state index in [-0.39, 0.29) is 18.0 Å². The standard InChI is InChI=1S/C17H22Cl2N2O3/c1-11(2)10-24-17(20-9-13-4-3-7-23-13)21-16(22)12-5-6-14(18)15(19)8-12/h5-6,8,11,13H,3-4,7,9-10H2,1-2H3,(H,20,21,22)/t13-/m1/s1. The van der Waals surface area contributed by atoms with Gasteiger partial charge in [-0.2, -0.15) is 0 Å².